The minimum Gasteiger partial charge on any atom is -0.362 e. The molecule has 1 aliphatic heterocycles. The molecule has 2 nitrogen and oxygen atoms in total. The zero-order valence-electron chi connectivity index (χ0n) is 11.1. The number of nitrogens with one attached hydrogen (secondary N) is 1. The largest absolute Gasteiger partial charge is 0.362 e. The fourth-order valence-electron chi connectivity index (χ4n) is 2.44. The maximum Gasteiger partial charge on any atom is 0.157 e. The second-order valence-corrected chi connectivity index (χ2v) is 7.87. The van der Waals surface area contributed by atoms with Crippen molar-refractivity contribution >= 4 is 28.7 Å². The molecule has 98 valence electrons. The van der Waals surface area contributed by atoms with E-state index in [0.717, 1.165) is 5.25 Å². The molecule has 0 saturated heterocycles. The van der Waals surface area contributed by atoms with Crippen molar-refractivity contribution in [3.05, 3.63) is 0 Å². The fourth-order valence-corrected chi connectivity index (χ4v) is 4.83. The molecule has 0 spiro atoms. The maximum atomic E-state index is 4.78. The average molecular weight is 272 g/mol. The van der Waals surface area contributed by atoms with Crippen LogP contribution in [0, 0.1) is 5.92 Å². The first-order valence-electron chi connectivity index (χ1n) is 6.77. The Hall–Kier alpha value is 0.170. The van der Waals surface area contributed by atoms with Gasteiger partial charge >= 0.3 is 0 Å². The van der Waals surface area contributed by atoms with E-state index in [2.05, 4.69) is 37.8 Å². The highest BCUT2D eigenvalue weighted by molar-refractivity contribution is 8.14. The normalized spacial score (nSPS) is 33.2. The van der Waals surface area contributed by atoms with Gasteiger partial charge in [0, 0.05) is 17.0 Å². The summed E-state index contributed by atoms with van der Waals surface area (Å²) >= 11 is 4.03. The highest BCUT2D eigenvalue weighted by Crippen LogP contribution is 2.31. The number of amidine groups is 1. The van der Waals surface area contributed by atoms with E-state index in [-0.39, 0.29) is 0 Å². The molecule has 1 saturated carbocycles. The lowest BCUT2D eigenvalue weighted by Gasteiger charge is -2.13. The van der Waals surface area contributed by atoms with E-state index in [1.165, 1.54) is 35.9 Å². The smallest absolute Gasteiger partial charge is 0.157 e. The van der Waals surface area contributed by atoms with Gasteiger partial charge in [0.2, 0.25) is 0 Å². The average Bonchev–Trinajstić information content (AvgIpc) is 2.89. The molecule has 0 bridgehead atoms. The second-order valence-electron chi connectivity index (χ2n) is 5.29. The molecule has 1 fully saturated rings. The van der Waals surface area contributed by atoms with E-state index in [4.69, 9.17) is 4.99 Å². The van der Waals surface area contributed by atoms with Crippen LogP contribution in [0.1, 0.15) is 40.0 Å². The quantitative estimate of drug-likeness (QED) is 0.849. The van der Waals surface area contributed by atoms with Gasteiger partial charge in [0.15, 0.2) is 5.17 Å². The summed E-state index contributed by atoms with van der Waals surface area (Å²) in [6.45, 7) is 6.79. The van der Waals surface area contributed by atoms with Crippen LogP contribution >= 0.6 is 23.5 Å². The van der Waals surface area contributed by atoms with Gasteiger partial charge in [-0.1, -0.05) is 32.5 Å². The molecule has 3 atom stereocenters. The summed E-state index contributed by atoms with van der Waals surface area (Å²) in [6, 6.07) is 1.21. The van der Waals surface area contributed by atoms with Gasteiger partial charge in [-0.25, -0.2) is 0 Å². The summed E-state index contributed by atoms with van der Waals surface area (Å²) in [7, 11) is 0. The number of hydrogen-bond acceptors (Lipinski definition) is 4. The Bertz CT molecular complexity index is 279. The number of hydrogen-bond donors (Lipinski definition) is 1. The lowest BCUT2D eigenvalue weighted by Crippen LogP contribution is -2.30. The van der Waals surface area contributed by atoms with Crippen LogP contribution in [0.25, 0.3) is 0 Å². The number of rotatable bonds is 4. The molecule has 0 aromatic rings. The Morgan fingerprint density at radius 2 is 2.29 bits per heavy atom. The Labute approximate surface area is 114 Å². The summed E-state index contributed by atoms with van der Waals surface area (Å²) < 4.78 is 0. The first-order chi connectivity index (χ1) is 8.19. The summed E-state index contributed by atoms with van der Waals surface area (Å²) in [5, 5.41) is 5.74. The van der Waals surface area contributed by atoms with Crippen molar-refractivity contribution in [1.29, 1.82) is 0 Å². The SMILES string of the molecule is CCSC1CCC(NC2=NC(C(C)C)CS2)C1. The Kier molecular flexibility index (Phi) is 5.10. The van der Waals surface area contributed by atoms with Crippen molar-refractivity contribution in [2.45, 2.75) is 57.4 Å². The third kappa shape index (κ3) is 3.82. The van der Waals surface area contributed by atoms with Crippen molar-refractivity contribution in [3.8, 4) is 0 Å². The van der Waals surface area contributed by atoms with E-state index in [1.807, 2.05) is 11.8 Å². The zero-order valence-corrected chi connectivity index (χ0v) is 12.7. The fraction of sp³-hybridized carbons (Fsp3) is 0.923. The van der Waals surface area contributed by atoms with Gasteiger partial charge in [-0.15, -0.1) is 0 Å². The Balaban J connectivity index is 1.77. The molecule has 0 radical (unpaired) electrons. The minimum absolute atomic E-state index is 0.532. The van der Waals surface area contributed by atoms with Crippen LogP contribution in [0.2, 0.25) is 0 Å². The van der Waals surface area contributed by atoms with Gasteiger partial charge < -0.3 is 5.32 Å². The van der Waals surface area contributed by atoms with Crippen LogP contribution in [0.15, 0.2) is 4.99 Å². The minimum atomic E-state index is 0.532. The molecule has 1 aliphatic carbocycles. The molecule has 2 aliphatic rings. The molecule has 4 heteroatoms. The molecule has 0 aromatic carbocycles. The van der Waals surface area contributed by atoms with Gasteiger partial charge in [0.25, 0.3) is 0 Å². The summed E-state index contributed by atoms with van der Waals surface area (Å²) in [5.74, 6) is 3.09. The standard InChI is InChI=1S/C13H24N2S2/c1-4-16-11-6-5-10(7-11)14-13-15-12(8-17-13)9(2)3/h9-12H,4-8H2,1-3H3,(H,14,15). The topological polar surface area (TPSA) is 24.4 Å². The van der Waals surface area contributed by atoms with Crippen molar-refractivity contribution in [3.63, 3.8) is 0 Å². The van der Waals surface area contributed by atoms with Gasteiger partial charge in [0.05, 0.1) is 6.04 Å². The lowest BCUT2D eigenvalue weighted by atomic mass is 10.1. The Morgan fingerprint density at radius 3 is 2.94 bits per heavy atom. The second kappa shape index (κ2) is 6.37. The lowest BCUT2D eigenvalue weighted by molar-refractivity contribution is 0.540. The van der Waals surface area contributed by atoms with Gasteiger partial charge in [-0.3, -0.25) is 4.99 Å². The first-order valence-corrected chi connectivity index (χ1v) is 8.81. The maximum absolute atomic E-state index is 4.78. The molecule has 0 aromatic heterocycles. The van der Waals surface area contributed by atoms with E-state index >= 15 is 0 Å². The number of nitrogens with zero attached hydrogens (tertiary/aromatic N) is 1. The van der Waals surface area contributed by atoms with Crippen molar-refractivity contribution < 1.29 is 0 Å². The third-order valence-corrected chi connectivity index (χ3v) is 5.80. The monoisotopic (exact) mass is 272 g/mol. The van der Waals surface area contributed by atoms with Gasteiger partial charge in [-0.05, 0) is 30.9 Å². The van der Waals surface area contributed by atoms with Crippen LogP contribution in [0.5, 0.6) is 0 Å². The molecule has 0 amide bonds. The van der Waals surface area contributed by atoms with Crippen LogP contribution in [-0.2, 0) is 0 Å². The van der Waals surface area contributed by atoms with Gasteiger partial charge in [-0.2, -0.15) is 11.8 Å². The Morgan fingerprint density at radius 1 is 1.47 bits per heavy atom. The molecule has 3 unspecified atom stereocenters. The molecular formula is C13H24N2S2. The van der Waals surface area contributed by atoms with Gasteiger partial charge in [0.1, 0.15) is 0 Å². The third-order valence-electron chi connectivity index (χ3n) is 3.56. The van der Waals surface area contributed by atoms with Crippen molar-refractivity contribution in [1.82, 2.24) is 5.32 Å². The van der Waals surface area contributed by atoms with E-state index < -0.39 is 0 Å². The zero-order chi connectivity index (χ0) is 12.3. The van der Waals surface area contributed by atoms with Crippen molar-refractivity contribution in [2.24, 2.45) is 10.9 Å². The molecular weight excluding hydrogens is 248 g/mol. The van der Waals surface area contributed by atoms with Crippen molar-refractivity contribution in [2.75, 3.05) is 11.5 Å². The molecule has 1 heterocycles. The van der Waals surface area contributed by atoms with E-state index in [9.17, 15) is 0 Å². The van der Waals surface area contributed by atoms with Crippen LogP contribution in [-0.4, -0.2) is 34.0 Å². The number of aliphatic imine (C=N–C) groups is 1. The molecule has 1 N–H and O–H groups in total. The molecule has 2 rings (SSSR count). The predicted molar refractivity (Wildman–Crippen MR) is 81.2 cm³/mol. The highest BCUT2D eigenvalue weighted by Gasteiger charge is 2.27. The summed E-state index contributed by atoms with van der Waals surface area (Å²) in [4.78, 5) is 4.78. The molecule has 17 heavy (non-hydrogen) atoms. The summed E-state index contributed by atoms with van der Waals surface area (Å²) in [6.07, 6.45) is 4.02. The van der Waals surface area contributed by atoms with Crippen LogP contribution in [0.3, 0.4) is 0 Å². The number of thioether (sulfide) groups is 2. The van der Waals surface area contributed by atoms with E-state index in [0.29, 0.717) is 18.0 Å². The van der Waals surface area contributed by atoms with Crippen LogP contribution in [0.4, 0.5) is 0 Å². The first kappa shape index (κ1) is 13.6. The van der Waals surface area contributed by atoms with Crippen LogP contribution < -0.4 is 5.32 Å². The predicted octanol–water partition coefficient (Wildman–Crippen LogP) is 3.38. The van der Waals surface area contributed by atoms with E-state index in [1.54, 1.807) is 0 Å². The summed E-state index contributed by atoms with van der Waals surface area (Å²) in [5.41, 5.74) is 0. The highest BCUT2D eigenvalue weighted by atomic mass is 32.2.